The van der Waals surface area contributed by atoms with Crippen molar-refractivity contribution in [3.8, 4) is 0 Å². The largest absolute Gasteiger partial charge is 0.305 e. The van der Waals surface area contributed by atoms with Gasteiger partial charge in [0.2, 0.25) is 0 Å². The van der Waals surface area contributed by atoms with Crippen LogP contribution in [0.5, 0.6) is 0 Å². The second kappa shape index (κ2) is 5.81. The molecule has 1 aliphatic heterocycles. The van der Waals surface area contributed by atoms with Gasteiger partial charge < -0.3 is 4.90 Å². The molecule has 0 aliphatic carbocycles. The summed E-state index contributed by atoms with van der Waals surface area (Å²) in [6.07, 6.45) is 1.86. The van der Waals surface area contributed by atoms with E-state index in [1.54, 1.807) is 0 Å². The molecule has 0 bridgehead atoms. The molecule has 1 saturated heterocycles. The average molecular weight is 225 g/mol. The number of Topliss-reactive ketones (excluding diaryl/α,β-unsaturated/α-hetero) is 1. The zero-order chi connectivity index (χ0) is 12.3. The molecule has 2 nitrogen and oxygen atoms in total. The number of piperidine rings is 1. The van der Waals surface area contributed by atoms with Crippen LogP contribution in [0.25, 0.3) is 0 Å². The number of ketones is 1. The smallest absolute Gasteiger partial charge is 0.137 e. The Hall–Kier alpha value is -0.370. The Morgan fingerprint density at radius 2 is 1.88 bits per heavy atom. The van der Waals surface area contributed by atoms with E-state index in [9.17, 15) is 4.79 Å². The minimum absolute atomic E-state index is 0.286. The molecule has 2 heteroatoms. The van der Waals surface area contributed by atoms with Gasteiger partial charge in [0.15, 0.2) is 0 Å². The number of hydrogen-bond donors (Lipinski definition) is 0. The molecule has 0 amide bonds. The monoisotopic (exact) mass is 225 g/mol. The van der Waals surface area contributed by atoms with Crippen LogP contribution in [-0.4, -0.2) is 30.8 Å². The normalized spacial score (nSPS) is 27.7. The van der Waals surface area contributed by atoms with E-state index >= 15 is 0 Å². The number of rotatable bonds is 4. The van der Waals surface area contributed by atoms with Crippen molar-refractivity contribution in [2.75, 3.05) is 20.1 Å². The topological polar surface area (TPSA) is 20.3 Å². The Kier molecular flexibility index (Phi) is 4.97. The van der Waals surface area contributed by atoms with Crippen molar-refractivity contribution >= 4 is 5.78 Å². The molecule has 16 heavy (non-hydrogen) atoms. The Labute approximate surface area is 100 Å². The lowest BCUT2D eigenvalue weighted by molar-refractivity contribution is -0.126. The third-order valence-corrected chi connectivity index (χ3v) is 3.67. The lowest BCUT2D eigenvalue weighted by Crippen LogP contribution is -2.42. The fourth-order valence-electron chi connectivity index (χ4n) is 2.65. The summed E-state index contributed by atoms with van der Waals surface area (Å²) in [4.78, 5) is 14.4. The van der Waals surface area contributed by atoms with Crippen molar-refractivity contribution in [3.63, 3.8) is 0 Å². The maximum absolute atomic E-state index is 12.1. The van der Waals surface area contributed by atoms with E-state index in [1.807, 2.05) is 0 Å². The van der Waals surface area contributed by atoms with Crippen molar-refractivity contribution in [2.45, 2.75) is 40.5 Å². The summed E-state index contributed by atoms with van der Waals surface area (Å²) in [5, 5.41) is 0. The summed E-state index contributed by atoms with van der Waals surface area (Å²) in [5.41, 5.74) is 0. The van der Waals surface area contributed by atoms with Gasteiger partial charge in [0.25, 0.3) is 0 Å². The van der Waals surface area contributed by atoms with Crippen LogP contribution in [0.3, 0.4) is 0 Å². The molecule has 0 aromatic rings. The lowest BCUT2D eigenvalue weighted by atomic mass is 9.79. The van der Waals surface area contributed by atoms with E-state index in [4.69, 9.17) is 0 Å². The van der Waals surface area contributed by atoms with Gasteiger partial charge in [-0.3, -0.25) is 4.79 Å². The van der Waals surface area contributed by atoms with Gasteiger partial charge in [-0.1, -0.05) is 27.7 Å². The Bertz CT molecular complexity index is 235. The molecule has 0 aromatic heterocycles. The van der Waals surface area contributed by atoms with Crippen molar-refractivity contribution in [1.82, 2.24) is 4.90 Å². The Balaban J connectivity index is 2.56. The van der Waals surface area contributed by atoms with Crippen LogP contribution >= 0.6 is 0 Å². The van der Waals surface area contributed by atoms with Crippen LogP contribution < -0.4 is 0 Å². The highest BCUT2D eigenvalue weighted by atomic mass is 16.1. The first-order chi connectivity index (χ1) is 7.40. The van der Waals surface area contributed by atoms with E-state index in [-0.39, 0.29) is 5.92 Å². The second-order valence-electron chi connectivity index (χ2n) is 6.22. The molecule has 0 spiro atoms. The molecule has 0 radical (unpaired) electrons. The van der Waals surface area contributed by atoms with Crippen molar-refractivity contribution in [2.24, 2.45) is 23.7 Å². The molecular formula is C14H27NO. The van der Waals surface area contributed by atoms with E-state index in [1.165, 1.54) is 0 Å². The molecule has 1 aliphatic rings. The highest BCUT2D eigenvalue weighted by Crippen LogP contribution is 2.28. The molecule has 2 unspecified atom stereocenters. The summed E-state index contributed by atoms with van der Waals surface area (Å²) >= 11 is 0. The minimum Gasteiger partial charge on any atom is -0.305 e. The van der Waals surface area contributed by atoms with E-state index < -0.39 is 0 Å². The SMILES string of the molecule is CC(C)CC(=O)C1CC(C(C)C)CN(C)C1. The Morgan fingerprint density at radius 3 is 2.38 bits per heavy atom. The number of carbonyl (C=O) groups is 1. The van der Waals surface area contributed by atoms with Crippen LogP contribution in [-0.2, 0) is 4.79 Å². The van der Waals surface area contributed by atoms with Gasteiger partial charge in [-0.25, -0.2) is 0 Å². The predicted octanol–water partition coefficient (Wildman–Crippen LogP) is 2.83. The first kappa shape index (κ1) is 13.7. The van der Waals surface area contributed by atoms with Crippen LogP contribution in [0.15, 0.2) is 0 Å². The summed E-state index contributed by atoms with van der Waals surface area (Å²) < 4.78 is 0. The van der Waals surface area contributed by atoms with Crippen molar-refractivity contribution in [1.29, 1.82) is 0 Å². The highest BCUT2D eigenvalue weighted by Gasteiger charge is 2.31. The van der Waals surface area contributed by atoms with Crippen LogP contribution in [0, 0.1) is 23.7 Å². The van der Waals surface area contributed by atoms with Gasteiger partial charge in [0, 0.05) is 25.4 Å². The second-order valence-corrected chi connectivity index (χ2v) is 6.22. The molecule has 1 heterocycles. The first-order valence-corrected chi connectivity index (χ1v) is 6.61. The number of hydrogen-bond acceptors (Lipinski definition) is 2. The predicted molar refractivity (Wildman–Crippen MR) is 68.4 cm³/mol. The van der Waals surface area contributed by atoms with Crippen LogP contribution in [0.2, 0.25) is 0 Å². The Morgan fingerprint density at radius 1 is 1.25 bits per heavy atom. The maximum atomic E-state index is 12.1. The van der Waals surface area contributed by atoms with Gasteiger partial charge in [-0.05, 0) is 31.2 Å². The van der Waals surface area contributed by atoms with Gasteiger partial charge in [-0.2, -0.15) is 0 Å². The lowest BCUT2D eigenvalue weighted by Gasteiger charge is -2.37. The molecular weight excluding hydrogens is 198 g/mol. The average Bonchev–Trinajstić information content (AvgIpc) is 2.15. The molecule has 2 atom stereocenters. The number of carbonyl (C=O) groups excluding carboxylic acids is 1. The van der Waals surface area contributed by atoms with Crippen molar-refractivity contribution < 1.29 is 4.79 Å². The molecule has 1 fully saturated rings. The standard InChI is InChI=1S/C14H27NO/c1-10(2)6-14(16)13-7-12(11(3)4)8-15(5)9-13/h10-13H,6-9H2,1-5H3. The van der Waals surface area contributed by atoms with Gasteiger partial charge in [0.05, 0.1) is 0 Å². The van der Waals surface area contributed by atoms with Crippen molar-refractivity contribution in [3.05, 3.63) is 0 Å². The summed E-state index contributed by atoms with van der Waals surface area (Å²) in [5.74, 6) is 2.65. The first-order valence-electron chi connectivity index (χ1n) is 6.61. The summed E-state index contributed by atoms with van der Waals surface area (Å²) in [6.45, 7) is 10.9. The van der Waals surface area contributed by atoms with E-state index in [0.717, 1.165) is 25.9 Å². The van der Waals surface area contributed by atoms with Crippen LogP contribution in [0.1, 0.15) is 40.5 Å². The highest BCUT2D eigenvalue weighted by molar-refractivity contribution is 5.81. The van der Waals surface area contributed by atoms with E-state index in [0.29, 0.717) is 23.5 Å². The summed E-state index contributed by atoms with van der Waals surface area (Å²) in [6, 6.07) is 0. The van der Waals surface area contributed by atoms with Gasteiger partial charge >= 0.3 is 0 Å². The zero-order valence-corrected chi connectivity index (χ0v) is 11.5. The van der Waals surface area contributed by atoms with Gasteiger partial charge in [-0.15, -0.1) is 0 Å². The molecule has 0 aromatic carbocycles. The fraction of sp³-hybridized carbons (Fsp3) is 0.929. The molecule has 0 N–H and O–H groups in total. The zero-order valence-electron chi connectivity index (χ0n) is 11.5. The molecule has 1 rings (SSSR count). The minimum atomic E-state index is 0.286. The third-order valence-electron chi connectivity index (χ3n) is 3.67. The van der Waals surface area contributed by atoms with Crippen LogP contribution in [0.4, 0.5) is 0 Å². The number of nitrogens with zero attached hydrogens (tertiary/aromatic N) is 1. The maximum Gasteiger partial charge on any atom is 0.137 e. The molecule has 0 saturated carbocycles. The molecule has 94 valence electrons. The fourth-order valence-corrected chi connectivity index (χ4v) is 2.65. The number of likely N-dealkylation sites (tertiary alicyclic amines) is 1. The summed E-state index contributed by atoms with van der Waals surface area (Å²) in [7, 11) is 2.14. The van der Waals surface area contributed by atoms with Gasteiger partial charge in [0.1, 0.15) is 5.78 Å². The third kappa shape index (κ3) is 3.89. The quantitative estimate of drug-likeness (QED) is 0.733. The van der Waals surface area contributed by atoms with E-state index in [2.05, 4.69) is 39.6 Å².